The van der Waals surface area contributed by atoms with Gasteiger partial charge in [-0.25, -0.2) is 4.79 Å². The van der Waals surface area contributed by atoms with E-state index in [1.807, 2.05) is 31.4 Å². The zero-order valence-electron chi connectivity index (χ0n) is 7.70. The molecule has 0 saturated carbocycles. The summed E-state index contributed by atoms with van der Waals surface area (Å²) in [6.45, 7) is 1.96. The second-order valence-electron chi connectivity index (χ2n) is 2.65. The maximum Gasteiger partial charge on any atom is 0.337 e. The van der Waals surface area contributed by atoms with Crippen LogP contribution < -0.4 is 0 Å². The smallest absolute Gasteiger partial charge is 0.337 e. The molecule has 0 amide bonds. The molecular weight excluding hydrogens is 184 g/mol. The standard InChI is InChI=1S/C10H12O2S/c1-3-7-5-4-6-8(13-2)9(7)10(11)12/h4-6H,3H2,1-2H3,(H,11,12). The number of hydrogen-bond acceptors (Lipinski definition) is 2. The summed E-state index contributed by atoms with van der Waals surface area (Å²) >= 11 is 1.47. The first-order valence-electron chi connectivity index (χ1n) is 4.09. The van der Waals surface area contributed by atoms with E-state index in [1.165, 1.54) is 11.8 Å². The Balaban J connectivity index is 3.29. The van der Waals surface area contributed by atoms with Crippen LogP contribution in [0.2, 0.25) is 0 Å². The minimum absolute atomic E-state index is 0.456. The van der Waals surface area contributed by atoms with E-state index in [9.17, 15) is 4.79 Å². The van der Waals surface area contributed by atoms with Crippen LogP contribution in [0.3, 0.4) is 0 Å². The molecule has 0 aromatic heterocycles. The van der Waals surface area contributed by atoms with Gasteiger partial charge in [-0.05, 0) is 24.3 Å². The third-order valence-corrected chi connectivity index (χ3v) is 2.71. The molecule has 70 valence electrons. The van der Waals surface area contributed by atoms with Gasteiger partial charge >= 0.3 is 5.97 Å². The highest BCUT2D eigenvalue weighted by Gasteiger charge is 2.12. The predicted molar refractivity (Wildman–Crippen MR) is 54.6 cm³/mol. The first-order valence-corrected chi connectivity index (χ1v) is 5.32. The molecule has 1 aromatic carbocycles. The van der Waals surface area contributed by atoms with Gasteiger partial charge in [-0.3, -0.25) is 0 Å². The van der Waals surface area contributed by atoms with Gasteiger partial charge in [-0.15, -0.1) is 11.8 Å². The molecule has 0 aliphatic heterocycles. The van der Waals surface area contributed by atoms with E-state index >= 15 is 0 Å². The van der Waals surface area contributed by atoms with E-state index < -0.39 is 5.97 Å². The topological polar surface area (TPSA) is 37.3 Å². The van der Waals surface area contributed by atoms with Crippen LogP contribution in [0.5, 0.6) is 0 Å². The zero-order valence-corrected chi connectivity index (χ0v) is 8.52. The van der Waals surface area contributed by atoms with Crippen molar-refractivity contribution in [1.82, 2.24) is 0 Å². The number of carboxylic acids is 1. The molecule has 3 heteroatoms. The normalized spacial score (nSPS) is 10.0. The molecule has 1 N–H and O–H groups in total. The summed E-state index contributed by atoms with van der Waals surface area (Å²) in [6, 6.07) is 5.60. The van der Waals surface area contributed by atoms with Gasteiger partial charge < -0.3 is 5.11 Å². The van der Waals surface area contributed by atoms with Gasteiger partial charge in [0.25, 0.3) is 0 Å². The average Bonchev–Trinajstić information content (AvgIpc) is 2.16. The summed E-state index contributed by atoms with van der Waals surface area (Å²) in [6.07, 6.45) is 2.65. The molecule has 0 spiro atoms. The second-order valence-corrected chi connectivity index (χ2v) is 3.50. The van der Waals surface area contributed by atoms with Crippen molar-refractivity contribution in [1.29, 1.82) is 0 Å². The molecule has 0 unspecified atom stereocenters. The first-order chi connectivity index (χ1) is 6.20. The van der Waals surface area contributed by atoms with Gasteiger partial charge in [-0.2, -0.15) is 0 Å². The third-order valence-electron chi connectivity index (χ3n) is 1.93. The molecule has 0 fully saturated rings. The lowest BCUT2D eigenvalue weighted by Crippen LogP contribution is -2.03. The zero-order chi connectivity index (χ0) is 9.84. The number of aromatic carboxylic acids is 1. The molecule has 0 bridgehead atoms. The van der Waals surface area contributed by atoms with Crippen molar-refractivity contribution in [3.63, 3.8) is 0 Å². The van der Waals surface area contributed by atoms with Gasteiger partial charge in [0.05, 0.1) is 5.56 Å². The Kier molecular flexibility index (Phi) is 3.37. The number of hydrogen-bond donors (Lipinski definition) is 1. The first kappa shape index (κ1) is 10.1. The van der Waals surface area contributed by atoms with Crippen molar-refractivity contribution in [2.45, 2.75) is 18.2 Å². The van der Waals surface area contributed by atoms with Gasteiger partial charge in [0, 0.05) is 4.90 Å². The largest absolute Gasteiger partial charge is 0.478 e. The summed E-state index contributed by atoms with van der Waals surface area (Å²) in [7, 11) is 0. The van der Waals surface area contributed by atoms with Crippen LogP contribution in [0.25, 0.3) is 0 Å². The van der Waals surface area contributed by atoms with Crippen LogP contribution in [-0.4, -0.2) is 17.3 Å². The van der Waals surface area contributed by atoms with Crippen molar-refractivity contribution >= 4 is 17.7 Å². The summed E-state index contributed by atoms with van der Waals surface area (Å²) in [5.41, 5.74) is 1.36. The number of carbonyl (C=O) groups is 1. The fourth-order valence-electron chi connectivity index (χ4n) is 1.28. The Hall–Kier alpha value is -0.960. The fraction of sp³-hybridized carbons (Fsp3) is 0.300. The minimum atomic E-state index is -0.832. The van der Waals surface area contributed by atoms with Crippen LogP contribution in [0.4, 0.5) is 0 Å². The van der Waals surface area contributed by atoms with E-state index in [2.05, 4.69) is 0 Å². The average molecular weight is 196 g/mol. The summed E-state index contributed by atoms with van der Waals surface area (Å²) in [5, 5.41) is 9.00. The van der Waals surface area contributed by atoms with Crippen LogP contribution >= 0.6 is 11.8 Å². The van der Waals surface area contributed by atoms with E-state index in [1.54, 1.807) is 0 Å². The van der Waals surface area contributed by atoms with Crippen molar-refractivity contribution < 1.29 is 9.90 Å². The number of thioether (sulfide) groups is 1. The van der Waals surface area contributed by atoms with Crippen LogP contribution in [0.1, 0.15) is 22.8 Å². The van der Waals surface area contributed by atoms with Crippen molar-refractivity contribution in [3.8, 4) is 0 Å². The molecular formula is C10H12O2S. The lowest BCUT2D eigenvalue weighted by atomic mass is 10.1. The van der Waals surface area contributed by atoms with E-state index in [4.69, 9.17) is 5.11 Å². The van der Waals surface area contributed by atoms with Gasteiger partial charge in [0.15, 0.2) is 0 Å². The predicted octanol–water partition coefficient (Wildman–Crippen LogP) is 2.67. The molecule has 0 heterocycles. The second kappa shape index (κ2) is 4.33. The molecule has 1 rings (SSSR count). The summed E-state index contributed by atoms with van der Waals surface area (Å²) in [5.74, 6) is -0.832. The monoisotopic (exact) mass is 196 g/mol. The summed E-state index contributed by atoms with van der Waals surface area (Å²) < 4.78 is 0. The molecule has 0 radical (unpaired) electrons. The van der Waals surface area contributed by atoms with E-state index in [0.717, 1.165) is 16.9 Å². The number of aryl methyl sites for hydroxylation is 1. The van der Waals surface area contributed by atoms with Crippen LogP contribution in [0, 0.1) is 0 Å². The fourth-order valence-corrected chi connectivity index (χ4v) is 1.92. The quantitative estimate of drug-likeness (QED) is 0.755. The highest BCUT2D eigenvalue weighted by molar-refractivity contribution is 7.98. The molecule has 13 heavy (non-hydrogen) atoms. The molecule has 2 nitrogen and oxygen atoms in total. The Bertz CT molecular complexity index is 298. The van der Waals surface area contributed by atoms with E-state index in [0.29, 0.717) is 5.56 Å². The minimum Gasteiger partial charge on any atom is -0.478 e. The number of carboxylic acid groups (broad SMARTS) is 1. The SMILES string of the molecule is CCc1cccc(SC)c1C(=O)O. The molecule has 0 aliphatic rings. The molecule has 0 aliphatic carbocycles. The maximum atomic E-state index is 10.9. The van der Waals surface area contributed by atoms with Gasteiger partial charge in [-0.1, -0.05) is 19.1 Å². The van der Waals surface area contributed by atoms with Gasteiger partial charge in [0.1, 0.15) is 0 Å². The van der Waals surface area contributed by atoms with Crippen molar-refractivity contribution in [2.75, 3.05) is 6.26 Å². The molecule has 0 atom stereocenters. The van der Waals surface area contributed by atoms with Crippen molar-refractivity contribution in [3.05, 3.63) is 29.3 Å². The highest BCUT2D eigenvalue weighted by atomic mass is 32.2. The van der Waals surface area contributed by atoms with E-state index in [-0.39, 0.29) is 0 Å². The van der Waals surface area contributed by atoms with Crippen molar-refractivity contribution in [2.24, 2.45) is 0 Å². The molecule has 0 saturated heterocycles. The van der Waals surface area contributed by atoms with Gasteiger partial charge in [0.2, 0.25) is 0 Å². The highest BCUT2D eigenvalue weighted by Crippen LogP contribution is 2.23. The summed E-state index contributed by atoms with van der Waals surface area (Å²) in [4.78, 5) is 11.8. The Labute approximate surface area is 82.0 Å². The van der Waals surface area contributed by atoms with Crippen LogP contribution in [0.15, 0.2) is 23.1 Å². The Morgan fingerprint density at radius 2 is 2.23 bits per heavy atom. The Morgan fingerprint density at radius 3 is 2.69 bits per heavy atom. The lowest BCUT2D eigenvalue weighted by Gasteiger charge is -2.07. The maximum absolute atomic E-state index is 10.9. The molecule has 1 aromatic rings. The number of rotatable bonds is 3. The number of benzene rings is 1. The lowest BCUT2D eigenvalue weighted by molar-refractivity contribution is 0.0692. The Morgan fingerprint density at radius 1 is 1.54 bits per heavy atom. The third kappa shape index (κ3) is 2.04. The van der Waals surface area contributed by atoms with Crippen LogP contribution in [-0.2, 0) is 6.42 Å².